The summed E-state index contributed by atoms with van der Waals surface area (Å²) in [5.41, 5.74) is 0.596. The van der Waals surface area contributed by atoms with Crippen molar-refractivity contribution in [1.29, 1.82) is 0 Å². The lowest BCUT2D eigenvalue weighted by molar-refractivity contribution is -0.131. The van der Waals surface area contributed by atoms with Gasteiger partial charge in [-0.05, 0) is 76.2 Å². The molecule has 35 heavy (non-hydrogen) atoms. The highest BCUT2D eigenvalue weighted by molar-refractivity contribution is 6.30. The number of allylic oxidation sites excluding steroid dienone is 3. The molecule has 6 nitrogen and oxygen atoms in total. The average molecular weight is 505 g/mol. The van der Waals surface area contributed by atoms with Crippen LogP contribution in [0.3, 0.4) is 0 Å². The third-order valence-corrected chi connectivity index (χ3v) is 7.93. The number of ether oxygens (including phenoxy) is 1. The minimum Gasteiger partial charge on any atom is -0.498 e. The summed E-state index contributed by atoms with van der Waals surface area (Å²) in [6.07, 6.45) is 10.8. The van der Waals surface area contributed by atoms with Gasteiger partial charge in [-0.2, -0.15) is 0 Å². The number of nitrogens with zero attached hydrogens (tertiary/aromatic N) is 4. The van der Waals surface area contributed by atoms with Gasteiger partial charge in [-0.1, -0.05) is 11.6 Å². The van der Waals surface area contributed by atoms with E-state index in [9.17, 15) is 9.18 Å². The number of carbonyl (C=O) groups excluding carboxylic acids is 1. The van der Waals surface area contributed by atoms with Crippen molar-refractivity contribution in [2.24, 2.45) is 17.8 Å². The van der Waals surface area contributed by atoms with Crippen LogP contribution in [0.4, 0.5) is 10.3 Å². The van der Waals surface area contributed by atoms with E-state index in [-0.39, 0.29) is 24.2 Å². The van der Waals surface area contributed by atoms with Gasteiger partial charge in [0, 0.05) is 38.2 Å². The molecule has 1 aliphatic heterocycles. The van der Waals surface area contributed by atoms with Gasteiger partial charge in [0.1, 0.15) is 5.83 Å². The molecule has 1 saturated carbocycles. The van der Waals surface area contributed by atoms with Gasteiger partial charge < -0.3 is 14.5 Å². The molecule has 2 aliphatic carbocycles. The maximum Gasteiger partial charge on any atom is 0.226 e. The molecule has 4 rings (SSSR count). The highest BCUT2D eigenvalue weighted by atomic mass is 35.5. The molecule has 8 heteroatoms. The number of halogens is 2. The Balaban J connectivity index is 1.17. The largest absolute Gasteiger partial charge is 0.498 e. The number of aromatic nitrogens is 2. The molecule has 0 aromatic carbocycles. The summed E-state index contributed by atoms with van der Waals surface area (Å²) in [5, 5.41) is 0.565. The predicted octanol–water partition coefficient (Wildman–Crippen LogP) is 5.94. The Morgan fingerprint density at radius 3 is 2.60 bits per heavy atom. The molecule has 1 saturated heterocycles. The lowest BCUT2D eigenvalue weighted by Crippen LogP contribution is -2.36. The third-order valence-electron chi connectivity index (χ3n) is 7.74. The van der Waals surface area contributed by atoms with Gasteiger partial charge in [-0.15, -0.1) is 0 Å². The number of carbonyl (C=O) groups is 1. The third kappa shape index (κ3) is 6.75. The van der Waals surface area contributed by atoms with E-state index in [0.29, 0.717) is 48.3 Å². The first-order chi connectivity index (χ1) is 16.9. The standard InChI is InChI=1S/C27H38ClFN4O2/c1-4-33(18(2)3)26(34)14-21-5-6-23(15-25(21)29)35-12-9-20-13-24(20)19-7-10-32(11-8-19)27-30-16-22(28)17-31-27/h15-20,24H,4-14H2,1-3H3. The van der Waals surface area contributed by atoms with Crippen LogP contribution < -0.4 is 4.90 Å². The summed E-state index contributed by atoms with van der Waals surface area (Å²) in [7, 11) is 0. The van der Waals surface area contributed by atoms with E-state index >= 15 is 0 Å². The van der Waals surface area contributed by atoms with E-state index in [1.807, 2.05) is 20.8 Å². The smallest absolute Gasteiger partial charge is 0.226 e. The monoisotopic (exact) mass is 504 g/mol. The summed E-state index contributed by atoms with van der Waals surface area (Å²) in [6.45, 7) is 9.20. The molecule has 0 N–H and O–H groups in total. The van der Waals surface area contributed by atoms with Gasteiger partial charge in [0.15, 0.2) is 0 Å². The Labute approximate surface area is 213 Å². The second kappa shape index (κ2) is 11.7. The van der Waals surface area contributed by atoms with Crippen molar-refractivity contribution < 1.29 is 13.9 Å². The van der Waals surface area contributed by atoms with Crippen LogP contribution in [0.15, 0.2) is 35.6 Å². The van der Waals surface area contributed by atoms with Crippen LogP contribution in [-0.2, 0) is 9.53 Å². The van der Waals surface area contributed by atoms with Crippen LogP contribution in [0.1, 0.15) is 65.7 Å². The Morgan fingerprint density at radius 2 is 1.97 bits per heavy atom. The first-order valence-electron chi connectivity index (χ1n) is 13.1. The SMILES string of the molecule is CCN(C(=O)CC1=C(F)C=C(OCCC2CC2C2CCN(c3ncc(Cl)cn3)CC2)CC1)C(C)C. The molecular weight excluding hydrogens is 467 g/mol. The second-order valence-electron chi connectivity index (χ2n) is 10.3. The van der Waals surface area contributed by atoms with E-state index in [0.717, 1.165) is 37.3 Å². The highest BCUT2D eigenvalue weighted by Gasteiger charge is 2.43. The molecule has 0 radical (unpaired) electrons. The van der Waals surface area contributed by atoms with Crippen molar-refractivity contribution in [2.75, 3.05) is 31.1 Å². The maximum atomic E-state index is 14.6. The van der Waals surface area contributed by atoms with Crippen LogP contribution in [0.2, 0.25) is 5.02 Å². The number of amides is 1. The summed E-state index contributed by atoms with van der Waals surface area (Å²) < 4.78 is 20.6. The highest BCUT2D eigenvalue weighted by Crippen LogP contribution is 2.50. The number of hydrogen-bond donors (Lipinski definition) is 0. The van der Waals surface area contributed by atoms with Gasteiger partial charge in [0.05, 0.1) is 36.2 Å². The van der Waals surface area contributed by atoms with Gasteiger partial charge >= 0.3 is 0 Å². The van der Waals surface area contributed by atoms with Crippen molar-refractivity contribution in [3.63, 3.8) is 0 Å². The lowest BCUT2D eigenvalue weighted by atomic mass is 9.90. The van der Waals surface area contributed by atoms with Crippen LogP contribution >= 0.6 is 11.6 Å². The molecule has 192 valence electrons. The number of anilines is 1. The Morgan fingerprint density at radius 1 is 1.26 bits per heavy atom. The molecule has 0 spiro atoms. The molecule has 2 atom stereocenters. The molecule has 2 fully saturated rings. The molecule has 0 bridgehead atoms. The van der Waals surface area contributed by atoms with Crippen LogP contribution in [0, 0.1) is 17.8 Å². The molecule has 2 unspecified atom stereocenters. The molecule has 3 aliphatic rings. The van der Waals surface area contributed by atoms with Crippen LogP contribution in [0.25, 0.3) is 0 Å². The van der Waals surface area contributed by atoms with E-state index in [1.54, 1.807) is 17.3 Å². The van der Waals surface area contributed by atoms with Crippen molar-refractivity contribution in [3.05, 3.63) is 40.7 Å². The molecule has 2 heterocycles. The normalized spacial score (nSPS) is 22.9. The summed E-state index contributed by atoms with van der Waals surface area (Å²) in [4.78, 5) is 25.2. The fourth-order valence-electron chi connectivity index (χ4n) is 5.63. The number of rotatable bonds is 10. The van der Waals surface area contributed by atoms with Crippen molar-refractivity contribution in [3.8, 4) is 0 Å². The first-order valence-corrected chi connectivity index (χ1v) is 13.5. The summed E-state index contributed by atoms with van der Waals surface area (Å²) in [6, 6.07) is 0.130. The summed E-state index contributed by atoms with van der Waals surface area (Å²) >= 11 is 5.90. The Bertz CT molecular complexity index is 941. The zero-order valence-electron chi connectivity index (χ0n) is 21.2. The minimum absolute atomic E-state index is 0.00304. The fourth-order valence-corrected chi connectivity index (χ4v) is 5.72. The first kappa shape index (κ1) is 25.9. The topological polar surface area (TPSA) is 58.6 Å². The lowest BCUT2D eigenvalue weighted by Gasteiger charge is -2.32. The fraction of sp³-hybridized carbons (Fsp3) is 0.667. The second-order valence-corrected chi connectivity index (χ2v) is 10.8. The quantitative estimate of drug-likeness (QED) is 0.395. The molecule has 1 aromatic rings. The van der Waals surface area contributed by atoms with Crippen molar-refractivity contribution in [1.82, 2.24) is 14.9 Å². The van der Waals surface area contributed by atoms with Crippen molar-refractivity contribution in [2.45, 2.75) is 71.8 Å². The van der Waals surface area contributed by atoms with E-state index in [2.05, 4.69) is 14.9 Å². The van der Waals surface area contributed by atoms with Gasteiger partial charge in [-0.3, -0.25) is 4.79 Å². The maximum absolute atomic E-state index is 14.6. The molecule has 1 amide bonds. The van der Waals surface area contributed by atoms with Crippen LogP contribution in [-0.4, -0.2) is 53.1 Å². The molecule has 1 aromatic heterocycles. The van der Waals surface area contributed by atoms with Gasteiger partial charge in [0.2, 0.25) is 11.9 Å². The Hall–Kier alpha value is -2.15. The Kier molecular flexibility index (Phi) is 8.68. The van der Waals surface area contributed by atoms with Gasteiger partial charge in [-0.25, -0.2) is 14.4 Å². The number of piperidine rings is 1. The number of hydrogen-bond acceptors (Lipinski definition) is 5. The van der Waals surface area contributed by atoms with Gasteiger partial charge in [0.25, 0.3) is 0 Å². The van der Waals surface area contributed by atoms with Crippen molar-refractivity contribution >= 4 is 23.5 Å². The summed E-state index contributed by atoms with van der Waals surface area (Å²) in [5.74, 6) is 3.44. The zero-order chi connectivity index (χ0) is 24.9. The zero-order valence-corrected chi connectivity index (χ0v) is 21.9. The van der Waals surface area contributed by atoms with E-state index in [1.165, 1.54) is 25.3 Å². The van der Waals surface area contributed by atoms with E-state index < -0.39 is 0 Å². The predicted molar refractivity (Wildman–Crippen MR) is 137 cm³/mol. The minimum atomic E-state index is -0.292. The van der Waals surface area contributed by atoms with Crippen LogP contribution in [0.5, 0.6) is 0 Å². The van der Waals surface area contributed by atoms with E-state index in [4.69, 9.17) is 16.3 Å². The average Bonchev–Trinajstić information content (AvgIpc) is 3.61. The molecular formula is C27H38ClFN4O2.